The van der Waals surface area contributed by atoms with Crippen molar-refractivity contribution in [2.24, 2.45) is 5.92 Å². The van der Waals surface area contributed by atoms with Crippen molar-refractivity contribution >= 4 is 65.9 Å². The molecule has 1 aromatic heterocycles. The van der Waals surface area contributed by atoms with Gasteiger partial charge < -0.3 is 55.8 Å². The van der Waals surface area contributed by atoms with Crippen molar-refractivity contribution in [2.45, 2.75) is 177 Å². The predicted molar refractivity (Wildman–Crippen MR) is 320 cm³/mol. The molecule has 1 aliphatic rings. The first kappa shape index (κ1) is 81.0. The number of nitrogens with one attached hydrogen (secondary N) is 4. The van der Waals surface area contributed by atoms with Crippen LogP contribution in [0, 0.1) is 5.92 Å². The van der Waals surface area contributed by atoms with Gasteiger partial charge in [-0.05, 0) is 113 Å². The summed E-state index contributed by atoms with van der Waals surface area (Å²) in [4.78, 5) is 83.8. The highest BCUT2D eigenvalue weighted by Gasteiger charge is 2.32. The molecule has 23 nitrogen and oxygen atoms in total. The molecule has 2 atom stereocenters. The average Bonchev–Trinajstić information content (AvgIpc) is 3.94. The van der Waals surface area contributed by atoms with Crippen molar-refractivity contribution < 1.29 is 80.1 Å². The van der Waals surface area contributed by atoms with Gasteiger partial charge in [0.15, 0.2) is 5.94 Å². The number of hydrogen-bond donors (Lipinski definition) is 9. The summed E-state index contributed by atoms with van der Waals surface area (Å²) < 4.78 is 38.5. The summed E-state index contributed by atoms with van der Waals surface area (Å²) in [5, 5.41) is 54.3. The minimum atomic E-state index is -5.01. The Balaban J connectivity index is -0.00000104. The number of aliphatic hydroxyl groups is 1. The van der Waals surface area contributed by atoms with E-state index in [0.717, 1.165) is 71.9 Å². The van der Waals surface area contributed by atoms with E-state index in [9.17, 15) is 56.0 Å². The number of benzene rings is 1. The maximum Gasteiger partial charge on any atom is 0.488 e. The number of aromatic nitrogens is 1. The molecule has 473 valence electrons. The van der Waals surface area contributed by atoms with Gasteiger partial charge in [-0.15, -0.1) is 0 Å². The number of rotatable bonds is 35. The number of pyridine rings is 1. The standard InChI is InChI=1S/C20H29BN5O5.C10H12FNO4S.C10H23N.C8H17NO2.C6H12O2.C3H6O2/c27-14-22-8-3-1-2-6-18(28)24-12-16-11-15(7-9-23-16)20(30)25-13-19(29)26-10-4-5-17(26)21-31;1-12-10(13)6-5-8-3-2-4-9(7-8)16-17(11,14)15;1-4-7-8-10-11(6-3)9-5-2;1-3-5-9(6-4-2)7-8(10)11;1-3-5(2)4-6(7)8;1-2-3(4)5/h7,9,11,14,17,31H,1-6,8,10,12-13H2,(H3,22,24,25,27,28,30);2-4,7H,5-6H2,1H3,(H,12,13);4-10H2,1-3H3;3-7H2,1-2H3,(H,10,11);5H,3-4H2,1-2H3,(H,7,8);2H2,1H3,(H,4,5)/p+1. The van der Waals surface area contributed by atoms with Crippen molar-refractivity contribution in [3.8, 4) is 5.75 Å². The zero-order valence-corrected chi connectivity index (χ0v) is 51.7. The quantitative estimate of drug-likeness (QED) is 0.00890. The van der Waals surface area contributed by atoms with Crippen LogP contribution in [0.5, 0.6) is 5.75 Å². The molecule has 2 unspecified atom stereocenters. The number of aliphatic carboxylic acids is 3. The predicted octanol–water partition coefficient (Wildman–Crippen LogP) is 6.48. The first-order valence-corrected chi connectivity index (χ1v) is 30.2. The van der Waals surface area contributed by atoms with Gasteiger partial charge in [-0.25, -0.2) is 4.58 Å². The Morgan fingerprint density at radius 2 is 1.47 bits per heavy atom. The van der Waals surface area contributed by atoms with Crippen LogP contribution in [0.3, 0.4) is 0 Å². The lowest BCUT2D eigenvalue weighted by Gasteiger charge is -2.18. The lowest BCUT2D eigenvalue weighted by molar-refractivity contribution is -0.533. The summed E-state index contributed by atoms with van der Waals surface area (Å²) in [6.45, 7) is 23.6. The molecule has 0 spiro atoms. The third kappa shape index (κ3) is 48.9. The number of carbonyl (C=O) groups excluding carboxylic acids is 4. The van der Waals surface area contributed by atoms with E-state index in [1.165, 1.54) is 76.8 Å². The number of aryl methyl sites for hydroxylation is 1. The average molecular weight is 1200 g/mol. The minimum Gasteiger partial charge on any atom is -0.481 e. The molecule has 0 aliphatic carbocycles. The zero-order chi connectivity index (χ0) is 63.4. The fraction of sp³-hybridized carbons (Fsp3) is 0.667. The van der Waals surface area contributed by atoms with E-state index in [4.69, 9.17) is 15.3 Å². The second-order valence-corrected chi connectivity index (χ2v) is 20.3. The van der Waals surface area contributed by atoms with Gasteiger partial charge in [0.1, 0.15) is 18.8 Å². The SMILES string of the molecule is CCC(=O)O.CCC(C)CC(=O)O.CCCCCN(CC)CCC.CCCN(CCC)CC(=O)O.CNC(=O)CCc1cccc(OS(=O)(=O)F)c1.O=CNCCCCCC(=O)NCc1cc(C(=O)NC/C(O)=[N+]2\CCCC2[B]O)ccn1. The van der Waals surface area contributed by atoms with Crippen molar-refractivity contribution in [1.29, 1.82) is 0 Å². The number of unbranched alkanes of at least 4 members (excludes halogenated alkanes) is 4. The summed E-state index contributed by atoms with van der Waals surface area (Å²) in [7, 11) is -2.43. The van der Waals surface area contributed by atoms with Crippen LogP contribution >= 0.6 is 0 Å². The van der Waals surface area contributed by atoms with Gasteiger partial charge in [0.2, 0.25) is 18.2 Å². The molecule has 1 fully saturated rings. The molecule has 2 heterocycles. The molecule has 1 saturated heterocycles. The zero-order valence-electron chi connectivity index (χ0n) is 50.8. The van der Waals surface area contributed by atoms with E-state index in [0.29, 0.717) is 61.5 Å². The van der Waals surface area contributed by atoms with Crippen LogP contribution in [0.4, 0.5) is 3.89 Å². The van der Waals surface area contributed by atoms with Gasteiger partial charge in [-0.2, -0.15) is 8.42 Å². The van der Waals surface area contributed by atoms with Crippen LogP contribution < -0.4 is 25.5 Å². The molecule has 1 aliphatic heterocycles. The lowest BCUT2D eigenvalue weighted by Crippen LogP contribution is -2.38. The third-order valence-electron chi connectivity index (χ3n) is 12.1. The van der Waals surface area contributed by atoms with Crippen LogP contribution in [0.1, 0.15) is 180 Å². The number of carboxylic acids is 3. The molecule has 9 N–H and O–H groups in total. The summed E-state index contributed by atoms with van der Waals surface area (Å²) in [5.74, 6) is -2.78. The lowest BCUT2D eigenvalue weighted by atomic mass is 9.87. The van der Waals surface area contributed by atoms with Crippen molar-refractivity contribution in [3.63, 3.8) is 0 Å². The van der Waals surface area contributed by atoms with Gasteiger partial charge in [0, 0.05) is 63.9 Å². The Hall–Kier alpha value is -6.25. The highest BCUT2D eigenvalue weighted by Crippen LogP contribution is 2.17. The van der Waals surface area contributed by atoms with Crippen LogP contribution in [-0.2, 0) is 52.2 Å². The number of amides is 4. The molecule has 1 radical (unpaired) electrons. The maximum atomic E-state index is 12.4. The Labute approximate surface area is 494 Å². The summed E-state index contributed by atoms with van der Waals surface area (Å²) in [6, 6.07) is 9.07. The second kappa shape index (κ2) is 52.6. The van der Waals surface area contributed by atoms with E-state index in [1.54, 1.807) is 29.7 Å². The Kier molecular flexibility index (Phi) is 51.3. The molecule has 26 heteroatoms. The largest absolute Gasteiger partial charge is 0.488 e. The second-order valence-electron chi connectivity index (χ2n) is 19.3. The first-order chi connectivity index (χ1) is 39.4. The van der Waals surface area contributed by atoms with Crippen molar-refractivity contribution in [1.82, 2.24) is 36.1 Å². The van der Waals surface area contributed by atoms with E-state index in [1.807, 2.05) is 18.7 Å². The number of halogens is 1. The third-order valence-corrected chi connectivity index (χ3v) is 12.5. The molecule has 83 heavy (non-hydrogen) atoms. The van der Waals surface area contributed by atoms with Crippen LogP contribution in [0.25, 0.3) is 0 Å². The summed E-state index contributed by atoms with van der Waals surface area (Å²) >= 11 is 0. The molecular weight excluding hydrogens is 1100 g/mol. The molecule has 4 amide bonds. The molecule has 1 aromatic carbocycles. The van der Waals surface area contributed by atoms with Gasteiger partial charge in [-0.1, -0.05) is 97.1 Å². The van der Waals surface area contributed by atoms with Crippen LogP contribution in [-0.4, -0.2) is 181 Å². The van der Waals surface area contributed by atoms with Crippen molar-refractivity contribution in [3.05, 3.63) is 59.4 Å². The number of carboxylic acid groups (broad SMARTS) is 3. The normalized spacial score (nSPS) is 13.1. The minimum absolute atomic E-state index is 0.00429. The molecule has 0 saturated carbocycles. The maximum absolute atomic E-state index is 12.4. The molecule has 3 rings (SSSR count). The van der Waals surface area contributed by atoms with Crippen LogP contribution in [0.15, 0.2) is 42.6 Å². The Bertz CT molecular complexity index is 2250. The Morgan fingerprint density at radius 1 is 0.819 bits per heavy atom. The fourth-order valence-corrected chi connectivity index (χ4v) is 7.82. The summed E-state index contributed by atoms with van der Waals surface area (Å²) in [6.07, 6.45) is 16.2. The molecule has 2 aromatic rings. The van der Waals surface area contributed by atoms with Gasteiger partial charge in [-0.3, -0.25) is 43.4 Å². The van der Waals surface area contributed by atoms with Crippen LogP contribution in [0.2, 0.25) is 0 Å². The summed E-state index contributed by atoms with van der Waals surface area (Å²) in [5.41, 5.74) is 1.62. The highest BCUT2D eigenvalue weighted by atomic mass is 32.3. The van der Waals surface area contributed by atoms with Gasteiger partial charge >= 0.3 is 41.8 Å². The number of aliphatic hydroxyl groups excluding tert-OH is 1. The monoisotopic (exact) mass is 1200 g/mol. The number of nitrogens with zero attached hydrogens (tertiary/aromatic N) is 4. The first-order valence-electron chi connectivity index (χ1n) is 28.9. The highest BCUT2D eigenvalue weighted by molar-refractivity contribution is 7.81. The molecular formula is C57H100BFN8O15S+. The molecule has 0 bridgehead atoms. The number of carbonyl (C=O) groups is 7. The van der Waals surface area contributed by atoms with Crippen molar-refractivity contribution in [2.75, 3.05) is 66.0 Å². The Morgan fingerprint density at radius 3 is 1.99 bits per heavy atom. The fourth-order valence-electron chi connectivity index (χ4n) is 7.49. The van der Waals surface area contributed by atoms with E-state index in [2.05, 4.69) is 70.0 Å². The smallest absolute Gasteiger partial charge is 0.481 e. The van der Waals surface area contributed by atoms with E-state index in [-0.39, 0.29) is 67.8 Å². The topological polar surface area (TPSA) is 335 Å². The number of hydrogen-bond acceptors (Lipinski definition) is 14. The van der Waals surface area contributed by atoms with E-state index < -0.39 is 28.4 Å². The van der Waals surface area contributed by atoms with Gasteiger partial charge in [0.05, 0.1) is 18.8 Å². The van der Waals surface area contributed by atoms with Gasteiger partial charge in [0.25, 0.3) is 5.91 Å². The van der Waals surface area contributed by atoms with E-state index >= 15 is 0 Å².